The molecule has 10 heteroatoms. The Morgan fingerprint density at radius 1 is 0.976 bits per heavy atom. The topological polar surface area (TPSA) is 96.0 Å². The second-order valence-electron chi connectivity index (χ2n) is 9.87. The molecule has 0 radical (unpaired) electrons. The number of anilines is 1. The van der Waals surface area contributed by atoms with Gasteiger partial charge in [0.1, 0.15) is 18.3 Å². The Bertz CT molecular complexity index is 1430. The molecule has 0 spiro atoms. The number of halogens is 1. The van der Waals surface area contributed by atoms with E-state index in [1.165, 1.54) is 23.1 Å². The lowest BCUT2D eigenvalue weighted by atomic mass is 10.1. The van der Waals surface area contributed by atoms with Crippen LogP contribution in [-0.4, -0.2) is 50.9 Å². The number of aryl methyl sites for hydroxylation is 1. The fourth-order valence-corrected chi connectivity index (χ4v) is 6.03. The third kappa shape index (κ3) is 8.01. The summed E-state index contributed by atoms with van der Waals surface area (Å²) in [5, 5.41) is 3.31. The first-order valence-corrected chi connectivity index (χ1v) is 15.4. The van der Waals surface area contributed by atoms with Gasteiger partial charge < -0.3 is 15.0 Å². The third-order valence-electron chi connectivity index (χ3n) is 6.95. The van der Waals surface area contributed by atoms with Crippen LogP contribution in [0.2, 0.25) is 5.02 Å². The third-order valence-corrected chi connectivity index (χ3v) is 8.96. The Hall–Kier alpha value is -3.56. The second-order valence-corrected chi connectivity index (χ2v) is 12.2. The lowest BCUT2D eigenvalue weighted by Gasteiger charge is -2.34. The maximum Gasteiger partial charge on any atom is 0.264 e. The molecular weight excluding hydrogens is 562 g/mol. The highest BCUT2D eigenvalue weighted by Gasteiger charge is 2.34. The number of sulfonamides is 1. The SMILES string of the molecule is CCC(C)NC(=O)C(CC)N(Cc1ccc(OC)cc1)C(=O)CN(c1cc(Cl)ccc1C)S(=O)(=O)c1ccccc1. The van der Waals surface area contributed by atoms with Gasteiger partial charge in [-0.3, -0.25) is 13.9 Å². The normalized spacial score (nSPS) is 12.7. The first kappa shape index (κ1) is 32.0. The summed E-state index contributed by atoms with van der Waals surface area (Å²) in [5.74, 6) is -0.157. The van der Waals surface area contributed by atoms with Gasteiger partial charge in [-0.2, -0.15) is 0 Å². The molecule has 0 fully saturated rings. The number of amides is 2. The summed E-state index contributed by atoms with van der Waals surface area (Å²) in [6, 6.07) is 19.1. The van der Waals surface area contributed by atoms with Gasteiger partial charge in [0.15, 0.2) is 0 Å². The van der Waals surface area contributed by atoms with E-state index in [1.54, 1.807) is 56.5 Å². The quantitative estimate of drug-likeness (QED) is 0.277. The van der Waals surface area contributed by atoms with Crippen LogP contribution >= 0.6 is 11.6 Å². The van der Waals surface area contributed by atoms with Gasteiger partial charge >= 0.3 is 0 Å². The summed E-state index contributed by atoms with van der Waals surface area (Å²) in [6.07, 6.45) is 1.07. The van der Waals surface area contributed by atoms with Gasteiger partial charge in [0.2, 0.25) is 11.8 Å². The Kier molecular flexibility index (Phi) is 11.2. The Labute approximate surface area is 248 Å². The summed E-state index contributed by atoms with van der Waals surface area (Å²) in [6.45, 7) is 7.02. The maximum absolute atomic E-state index is 14.2. The summed E-state index contributed by atoms with van der Waals surface area (Å²) in [4.78, 5) is 29.0. The number of benzene rings is 3. The first-order chi connectivity index (χ1) is 19.5. The zero-order valence-electron chi connectivity index (χ0n) is 24.1. The van der Waals surface area contributed by atoms with E-state index in [0.29, 0.717) is 22.8 Å². The van der Waals surface area contributed by atoms with Crippen LogP contribution in [0, 0.1) is 6.92 Å². The molecule has 3 aromatic rings. The first-order valence-electron chi connectivity index (χ1n) is 13.6. The monoisotopic (exact) mass is 599 g/mol. The van der Waals surface area contributed by atoms with Crippen molar-refractivity contribution in [3.8, 4) is 5.75 Å². The van der Waals surface area contributed by atoms with E-state index >= 15 is 0 Å². The fourth-order valence-electron chi connectivity index (χ4n) is 4.37. The fraction of sp³-hybridized carbons (Fsp3) is 0.355. The molecule has 41 heavy (non-hydrogen) atoms. The second kappa shape index (κ2) is 14.4. The molecule has 0 bridgehead atoms. The number of hydrogen-bond acceptors (Lipinski definition) is 5. The number of rotatable bonds is 13. The molecule has 0 heterocycles. The zero-order valence-corrected chi connectivity index (χ0v) is 25.7. The molecule has 3 rings (SSSR count). The molecule has 2 unspecified atom stereocenters. The molecule has 0 aliphatic carbocycles. The molecule has 2 atom stereocenters. The van der Waals surface area contributed by atoms with Crippen LogP contribution in [0.25, 0.3) is 0 Å². The molecule has 0 aromatic heterocycles. The number of carbonyl (C=O) groups excluding carboxylic acids is 2. The van der Waals surface area contributed by atoms with Gasteiger partial charge in [-0.15, -0.1) is 0 Å². The van der Waals surface area contributed by atoms with E-state index in [-0.39, 0.29) is 29.1 Å². The molecule has 1 N–H and O–H groups in total. The van der Waals surface area contributed by atoms with Crippen LogP contribution in [0.1, 0.15) is 44.7 Å². The molecule has 3 aromatic carbocycles. The van der Waals surface area contributed by atoms with E-state index in [4.69, 9.17) is 16.3 Å². The number of methoxy groups -OCH3 is 1. The standard InChI is InChI=1S/C31H38ClN3O5S/c1-6-23(4)33-31(37)28(7-2)34(20-24-14-17-26(40-5)18-15-24)30(36)21-35(29-19-25(32)16-13-22(29)3)41(38,39)27-11-9-8-10-12-27/h8-19,23,28H,6-7,20-21H2,1-5H3,(H,33,37). The lowest BCUT2D eigenvalue weighted by molar-refractivity contribution is -0.140. The summed E-state index contributed by atoms with van der Waals surface area (Å²) >= 11 is 6.28. The van der Waals surface area contributed by atoms with Crippen LogP contribution in [0.5, 0.6) is 5.75 Å². The largest absolute Gasteiger partial charge is 0.497 e. The molecule has 0 aliphatic rings. The minimum absolute atomic E-state index is 0.0374. The van der Waals surface area contributed by atoms with Crippen molar-refractivity contribution in [1.29, 1.82) is 0 Å². The van der Waals surface area contributed by atoms with Crippen molar-refractivity contribution < 1.29 is 22.7 Å². The molecule has 0 saturated carbocycles. The van der Waals surface area contributed by atoms with Crippen LogP contribution in [0.15, 0.2) is 77.7 Å². The van der Waals surface area contributed by atoms with E-state index in [9.17, 15) is 18.0 Å². The van der Waals surface area contributed by atoms with Crippen molar-refractivity contribution in [2.45, 2.75) is 64.1 Å². The highest BCUT2D eigenvalue weighted by molar-refractivity contribution is 7.92. The molecule has 8 nitrogen and oxygen atoms in total. The van der Waals surface area contributed by atoms with Crippen LogP contribution < -0.4 is 14.4 Å². The van der Waals surface area contributed by atoms with Crippen molar-refractivity contribution >= 4 is 39.1 Å². The molecule has 2 amide bonds. The minimum Gasteiger partial charge on any atom is -0.497 e. The molecular formula is C31H38ClN3O5S. The molecule has 0 saturated heterocycles. The molecule has 220 valence electrons. The molecule has 0 aliphatic heterocycles. The van der Waals surface area contributed by atoms with Crippen molar-refractivity contribution in [1.82, 2.24) is 10.2 Å². The van der Waals surface area contributed by atoms with Gasteiger partial charge in [-0.1, -0.05) is 61.8 Å². The van der Waals surface area contributed by atoms with Gasteiger partial charge in [0.05, 0.1) is 17.7 Å². The van der Waals surface area contributed by atoms with Gasteiger partial charge in [0, 0.05) is 17.6 Å². The minimum atomic E-state index is -4.17. The van der Waals surface area contributed by atoms with Gasteiger partial charge in [-0.05, 0) is 74.2 Å². The number of nitrogens with zero attached hydrogens (tertiary/aromatic N) is 2. The van der Waals surface area contributed by atoms with Crippen molar-refractivity contribution in [3.05, 3.63) is 88.9 Å². The predicted octanol–water partition coefficient (Wildman–Crippen LogP) is 5.57. The predicted molar refractivity (Wildman–Crippen MR) is 163 cm³/mol. The van der Waals surface area contributed by atoms with E-state index in [1.807, 2.05) is 32.9 Å². The van der Waals surface area contributed by atoms with E-state index in [0.717, 1.165) is 16.3 Å². The smallest absolute Gasteiger partial charge is 0.264 e. The van der Waals surface area contributed by atoms with E-state index < -0.39 is 28.5 Å². The van der Waals surface area contributed by atoms with Crippen molar-refractivity contribution in [3.63, 3.8) is 0 Å². The lowest BCUT2D eigenvalue weighted by Crippen LogP contribution is -2.53. The van der Waals surface area contributed by atoms with Crippen LogP contribution in [-0.2, 0) is 26.2 Å². The van der Waals surface area contributed by atoms with Gasteiger partial charge in [0.25, 0.3) is 10.0 Å². The Balaban J connectivity index is 2.08. The van der Waals surface area contributed by atoms with Crippen LogP contribution in [0.3, 0.4) is 0 Å². The van der Waals surface area contributed by atoms with Crippen LogP contribution in [0.4, 0.5) is 5.69 Å². The van der Waals surface area contributed by atoms with Crippen molar-refractivity contribution in [2.75, 3.05) is 18.0 Å². The van der Waals surface area contributed by atoms with Crippen molar-refractivity contribution in [2.24, 2.45) is 0 Å². The number of hydrogen-bond donors (Lipinski definition) is 1. The average molecular weight is 600 g/mol. The number of carbonyl (C=O) groups is 2. The average Bonchev–Trinajstić information content (AvgIpc) is 2.97. The van der Waals surface area contributed by atoms with E-state index in [2.05, 4.69) is 5.32 Å². The highest BCUT2D eigenvalue weighted by Crippen LogP contribution is 2.30. The zero-order chi connectivity index (χ0) is 30.2. The number of nitrogens with one attached hydrogen (secondary N) is 1. The Morgan fingerprint density at radius 3 is 2.22 bits per heavy atom. The van der Waals surface area contributed by atoms with Gasteiger partial charge in [-0.25, -0.2) is 8.42 Å². The summed E-state index contributed by atoms with van der Waals surface area (Å²) in [7, 11) is -2.60. The maximum atomic E-state index is 14.2. The summed E-state index contributed by atoms with van der Waals surface area (Å²) < 4.78 is 34.3. The highest BCUT2D eigenvalue weighted by atomic mass is 35.5. The Morgan fingerprint density at radius 2 is 1.63 bits per heavy atom. The summed E-state index contributed by atoms with van der Waals surface area (Å²) in [5.41, 5.74) is 1.69. The number of ether oxygens (including phenoxy) is 1.